The van der Waals surface area contributed by atoms with E-state index in [9.17, 15) is 9.59 Å². The largest absolute Gasteiger partial charge is 0.289 e. The van der Waals surface area contributed by atoms with Crippen LogP contribution >= 0.6 is 0 Å². The lowest BCUT2D eigenvalue weighted by atomic mass is 9.71. The smallest absolute Gasteiger partial charge is 0.186 e. The Morgan fingerprint density at radius 2 is 0.722 bits per heavy atom. The maximum Gasteiger partial charge on any atom is 0.186 e. The molecule has 0 N–H and O–H groups in total. The lowest BCUT2D eigenvalue weighted by molar-refractivity contribution is -0.114. The van der Waals surface area contributed by atoms with Gasteiger partial charge in [-0.25, -0.2) is 4.98 Å². The van der Waals surface area contributed by atoms with Gasteiger partial charge in [-0.15, -0.1) is 10.2 Å². The third-order valence-corrected chi connectivity index (χ3v) is 9.23. The second kappa shape index (κ2) is 15.1. The van der Waals surface area contributed by atoms with E-state index in [0.717, 1.165) is 11.1 Å². The van der Waals surface area contributed by atoms with E-state index < -0.39 is 21.7 Å². The van der Waals surface area contributed by atoms with Crippen molar-refractivity contribution < 1.29 is 9.59 Å². The fraction of sp³-hybridized carbons (Fsp3) is 0.340. The summed E-state index contributed by atoms with van der Waals surface area (Å²) in [6.07, 6.45) is 7.73. The van der Waals surface area contributed by atoms with Gasteiger partial charge in [0.05, 0.1) is 22.8 Å². The first-order chi connectivity index (χ1) is 25.1. The molecule has 0 radical (unpaired) electrons. The number of hydrogen-bond acceptors (Lipinski definition) is 7. The lowest BCUT2D eigenvalue weighted by Gasteiger charge is -2.31. The minimum Gasteiger partial charge on any atom is -0.289 e. The number of nitrogens with zero attached hydrogens (tertiary/aromatic N) is 5. The van der Waals surface area contributed by atoms with Gasteiger partial charge in [-0.05, 0) is 82.4 Å². The molecule has 0 saturated heterocycles. The number of hydrogen-bond donors (Lipinski definition) is 0. The second-order valence-electron chi connectivity index (χ2n) is 18.0. The number of benzene rings is 2. The van der Waals surface area contributed by atoms with E-state index in [1.807, 2.05) is 186 Å². The van der Waals surface area contributed by atoms with Crippen LogP contribution in [0.5, 0.6) is 0 Å². The van der Waals surface area contributed by atoms with Gasteiger partial charge < -0.3 is 0 Å². The van der Waals surface area contributed by atoms with Gasteiger partial charge in [0.15, 0.2) is 11.6 Å². The molecule has 0 unspecified atom stereocenters. The van der Waals surface area contributed by atoms with Crippen LogP contribution in [0.25, 0.3) is 11.4 Å². The number of pyridine rings is 1. The molecule has 2 aromatic carbocycles. The summed E-state index contributed by atoms with van der Waals surface area (Å²) in [5.74, 6) is 0.0609. The van der Waals surface area contributed by atoms with E-state index in [1.54, 1.807) is 0 Å². The highest BCUT2D eigenvalue weighted by atomic mass is 16.1. The Morgan fingerprint density at radius 1 is 0.426 bits per heavy atom. The molecular weight excluding hydrogens is 667 g/mol. The highest BCUT2D eigenvalue weighted by molar-refractivity contribution is 6.13. The zero-order valence-corrected chi connectivity index (χ0v) is 33.9. The summed E-state index contributed by atoms with van der Waals surface area (Å²) in [6.45, 7) is 24.6. The third-order valence-electron chi connectivity index (χ3n) is 9.23. The van der Waals surface area contributed by atoms with Gasteiger partial charge in [0.1, 0.15) is 11.4 Å². The van der Waals surface area contributed by atoms with E-state index in [-0.39, 0.29) is 11.6 Å². The van der Waals surface area contributed by atoms with Gasteiger partial charge in [-0.2, -0.15) is 10.2 Å². The van der Waals surface area contributed by atoms with E-state index in [2.05, 4.69) is 10.2 Å². The monoisotopic (exact) mass is 719 g/mol. The zero-order valence-electron chi connectivity index (χ0n) is 33.9. The molecular formula is C47H53N5O2. The Kier molecular flexibility index (Phi) is 11.1. The average molecular weight is 720 g/mol. The average Bonchev–Trinajstić information content (AvgIpc) is 3.08. The van der Waals surface area contributed by atoms with Crippen LogP contribution in [0.3, 0.4) is 0 Å². The molecule has 2 aliphatic carbocycles. The van der Waals surface area contributed by atoms with Crippen molar-refractivity contribution in [3.05, 3.63) is 148 Å². The van der Waals surface area contributed by atoms with E-state index in [0.29, 0.717) is 56.4 Å². The number of carbonyl (C=O) groups is 2. The Labute approximate surface area is 321 Å². The molecule has 278 valence electrons. The maximum atomic E-state index is 13.9. The van der Waals surface area contributed by atoms with E-state index >= 15 is 0 Å². The normalized spacial score (nSPS) is 16.1. The van der Waals surface area contributed by atoms with Gasteiger partial charge in [-0.3, -0.25) is 9.59 Å². The van der Waals surface area contributed by atoms with Crippen molar-refractivity contribution in [2.45, 2.75) is 83.1 Å². The number of azo groups is 2. The van der Waals surface area contributed by atoms with Crippen molar-refractivity contribution in [3.63, 3.8) is 0 Å². The summed E-state index contributed by atoms with van der Waals surface area (Å²) in [5, 5.41) is 19.0. The van der Waals surface area contributed by atoms with Crippen LogP contribution < -0.4 is 0 Å². The molecule has 2 aliphatic rings. The Bertz CT molecular complexity index is 1970. The van der Waals surface area contributed by atoms with Crippen LogP contribution in [-0.4, -0.2) is 16.6 Å². The molecule has 7 heteroatoms. The van der Waals surface area contributed by atoms with Crippen molar-refractivity contribution >= 4 is 34.3 Å². The molecule has 5 rings (SSSR count). The van der Waals surface area contributed by atoms with Crippen LogP contribution in [0.15, 0.2) is 157 Å². The molecule has 0 bridgehead atoms. The zero-order chi connectivity index (χ0) is 39.6. The first kappa shape index (κ1) is 39.8. The number of rotatable bonds is 6. The molecule has 7 nitrogen and oxygen atoms in total. The highest BCUT2D eigenvalue weighted by Gasteiger charge is 2.36. The number of Topliss-reactive ketones (excluding diaryl/α,β-unsaturated/α-hetero) is 2. The topological polar surface area (TPSA) is 96.5 Å². The Morgan fingerprint density at radius 3 is 1.00 bits per heavy atom. The number of carbonyl (C=O) groups excluding carboxylic acids is 2. The SMILES string of the molecule is CC(C)(C)C1=CC(=C(/N=N/c2ccccc2)c2cccc(C(/N=N/c3ccccc3)=C3C=C(C(C)(C)C)C(=O)C(C(C)(C)C)=C3)n2)C=C(C(C)(C)C)C1=O. The minimum atomic E-state index is -0.425. The molecule has 3 aromatic rings. The molecule has 54 heavy (non-hydrogen) atoms. The Balaban J connectivity index is 1.85. The molecule has 1 aromatic heterocycles. The molecule has 0 aliphatic heterocycles. The van der Waals surface area contributed by atoms with Crippen LogP contribution in [-0.2, 0) is 9.59 Å². The molecule has 0 atom stereocenters. The number of ketones is 2. The van der Waals surface area contributed by atoms with Crippen molar-refractivity contribution in [1.29, 1.82) is 0 Å². The summed E-state index contributed by atoms with van der Waals surface area (Å²) in [5.41, 5.74) is 6.04. The summed E-state index contributed by atoms with van der Waals surface area (Å²) in [4.78, 5) is 33.1. The standard InChI is InChI=1S/C47H53N5O2/c1-44(2,3)34-26-30(27-35(42(34)53)45(4,5)6)40(51-49-32-20-15-13-16-21-32)38-24-19-25-39(48-38)41(52-50-33-22-17-14-18-23-33)31-28-36(46(7,8)9)43(54)37(29-31)47(10,11)12/h13-29H,1-12H3/b51-49+,52-50+. The van der Waals surface area contributed by atoms with E-state index in [1.165, 1.54) is 0 Å². The van der Waals surface area contributed by atoms with Crippen LogP contribution in [0.2, 0.25) is 0 Å². The summed E-state index contributed by atoms with van der Waals surface area (Å²) in [6, 6.07) is 24.8. The number of aromatic nitrogens is 1. The summed E-state index contributed by atoms with van der Waals surface area (Å²) >= 11 is 0. The van der Waals surface area contributed by atoms with Gasteiger partial charge in [-0.1, -0.05) is 126 Å². The molecule has 0 saturated carbocycles. The summed E-state index contributed by atoms with van der Waals surface area (Å²) in [7, 11) is 0. The van der Waals surface area contributed by atoms with Crippen molar-refractivity contribution in [2.75, 3.05) is 0 Å². The lowest BCUT2D eigenvalue weighted by Crippen LogP contribution is -2.28. The van der Waals surface area contributed by atoms with E-state index in [4.69, 9.17) is 15.2 Å². The van der Waals surface area contributed by atoms with Gasteiger partial charge in [0, 0.05) is 33.4 Å². The van der Waals surface area contributed by atoms with Crippen LogP contribution in [0, 0.1) is 21.7 Å². The number of allylic oxidation sites excluding steroid dienone is 10. The predicted molar refractivity (Wildman–Crippen MR) is 220 cm³/mol. The van der Waals surface area contributed by atoms with Crippen molar-refractivity contribution in [1.82, 2.24) is 4.98 Å². The molecule has 0 fully saturated rings. The van der Waals surface area contributed by atoms with Crippen LogP contribution in [0.4, 0.5) is 11.4 Å². The molecule has 0 spiro atoms. The fourth-order valence-electron chi connectivity index (χ4n) is 6.18. The second-order valence-corrected chi connectivity index (χ2v) is 18.0. The molecule has 0 amide bonds. The van der Waals surface area contributed by atoms with Gasteiger partial charge >= 0.3 is 0 Å². The summed E-state index contributed by atoms with van der Waals surface area (Å²) < 4.78 is 0. The minimum absolute atomic E-state index is 0.0304. The third kappa shape index (κ3) is 9.19. The Hall–Kier alpha value is -5.43. The van der Waals surface area contributed by atoms with Crippen molar-refractivity contribution in [2.24, 2.45) is 42.1 Å². The van der Waals surface area contributed by atoms with Gasteiger partial charge in [0.2, 0.25) is 0 Å². The highest BCUT2D eigenvalue weighted by Crippen LogP contribution is 2.43. The first-order valence-corrected chi connectivity index (χ1v) is 18.5. The predicted octanol–water partition coefficient (Wildman–Crippen LogP) is 13.1. The first-order valence-electron chi connectivity index (χ1n) is 18.5. The quantitative estimate of drug-likeness (QED) is 0.237. The van der Waals surface area contributed by atoms with Crippen molar-refractivity contribution in [3.8, 4) is 0 Å². The maximum absolute atomic E-state index is 13.9. The fourth-order valence-corrected chi connectivity index (χ4v) is 6.18. The van der Waals surface area contributed by atoms with Gasteiger partial charge in [0.25, 0.3) is 0 Å². The molecule has 1 heterocycles. The van der Waals surface area contributed by atoms with Crippen LogP contribution in [0.1, 0.15) is 94.5 Å².